The van der Waals surface area contributed by atoms with Crippen molar-refractivity contribution in [2.75, 3.05) is 45.9 Å². The van der Waals surface area contributed by atoms with Crippen LogP contribution in [0, 0.1) is 6.92 Å². The number of aromatic amines is 1. The van der Waals surface area contributed by atoms with E-state index >= 15 is 0 Å². The number of thiazole rings is 2. The first-order valence-corrected chi connectivity index (χ1v) is 19.3. The number of halogens is 6. The molecule has 6 rings (SSSR count). The summed E-state index contributed by atoms with van der Waals surface area (Å²) in [6.45, 7) is 5.63. The lowest BCUT2D eigenvalue weighted by Gasteiger charge is -2.41. The van der Waals surface area contributed by atoms with Crippen LogP contribution in [0.15, 0.2) is 46.6 Å². The normalized spacial score (nSPS) is 17.2. The van der Waals surface area contributed by atoms with E-state index in [9.17, 15) is 45.5 Å². The van der Waals surface area contributed by atoms with E-state index in [2.05, 4.69) is 24.9 Å². The third-order valence-electron chi connectivity index (χ3n) is 9.65. The Hall–Kier alpha value is -4.37. The quantitative estimate of drug-likeness (QED) is 0.0838. The Bertz CT molecular complexity index is 2110. The summed E-state index contributed by atoms with van der Waals surface area (Å²) >= 11 is 1.89. The highest BCUT2D eigenvalue weighted by atomic mass is 32.1. The van der Waals surface area contributed by atoms with Gasteiger partial charge in [0, 0.05) is 50.2 Å². The standard InChI is InChI=1S/C36H37F6N5O7S2/c1-21-44-25(20-55-21)30(48)47-14-10-34(52-16-15-47)8-12-46(13-9-34)19-23-4-2-3-22(17-23)7-11-43-18-27(54-32(50)36(40,41)42)24-5-6-26(53-31(49)35(37,38)39)28-29(24)56-33(51)45-28/h2-6,17,20,27,43H,7-16,18-19H2,1H3,(H,45,51)/t27-/m0/s1. The molecule has 0 aliphatic carbocycles. The molecule has 12 nitrogen and oxygen atoms in total. The van der Waals surface area contributed by atoms with Crippen molar-refractivity contribution >= 4 is 50.7 Å². The minimum absolute atomic E-state index is 0.0735. The van der Waals surface area contributed by atoms with Crippen molar-refractivity contribution in [1.82, 2.24) is 25.1 Å². The number of piperidine rings is 1. The Morgan fingerprint density at radius 3 is 2.41 bits per heavy atom. The molecule has 1 amide bonds. The number of carbonyl (C=O) groups excluding carboxylic acids is 3. The maximum absolute atomic E-state index is 13.2. The van der Waals surface area contributed by atoms with Gasteiger partial charge in [0.2, 0.25) is 0 Å². The fourth-order valence-electron chi connectivity index (χ4n) is 6.78. The number of nitrogens with one attached hydrogen (secondary N) is 2. The Balaban J connectivity index is 1.04. The number of benzene rings is 2. The first kappa shape index (κ1) is 41.3. The van der Waals surface area contributed by atoms with Crippen LogP contribution < -0.4 is 14.9 Å². The van der Waals surface area contributed by atoms with Gasteiger partial charge in [-0.05, 0) is 62.4 Å². The summed E-state index contributed by atoms with van der Waals surface area (Å²) in [6, 6.07) is 9.75. The van der Waals surface area contributed by atoms with Gasteiger partial charge in [-0.1, -0.05) is 35.6 Å². The van der Waals surface area contributed by atoms with Crippen LogP contribution in [0.1, 0.15) is 57.6 Å². The van der Waals surface area contributed by atoms with Gasteiger partial charge < -0.3 is 29.4 Å². The van der Waals surface area contributed by atoms with Crippen molar-refractivity contribution < 1.29 is 54.9 Å². The topological polar surface area (TPSA) is 143 Å². The fraction of sp³-hybridized carbons (Fsp3) is 0.472. The summed E-state index contributed by atoms with van der Waals surface area (Å²) in [5.41, 5.74) is 1.68. The van der Waals surface area contributed by atoms with Gasteiger partial charge in [-0.3, -0.25) is 14.5 Å². The van der Waals surface area contributed by atoms with Crippen LogP contribution in [0.5, 0.6) is 5.75 Å². The van der Waals surface area contributed by atoms with Gasteiger partial charge in [-0.2, -0.15) is 26.3 Å². The predicted octanol–water partition coefficient (Wildman–Crippen LogP) is 5.70. The number of hydrogen-bond donors (Lipinski definition) is 2. The highest BCUT2D eigenvalue weighted by Gasteiger charge is 2.44. The zero-order valence-corrected chi connectivity index (χ0v) is 31.5. The number of aryl methyl sites for hydroxylation is 1. The van der Waals surface area contributed by atoms with Crippen LogP contribution in [0.4, 0.5) is 26.3 Å². The van der Waals surface area contributed by atoms with Crippen LogP contribution in [-0.4, -0.2) is 101 Å². The van der Waals surface area contributed by atoms with E-state index in [1.807, 2.05) is 36.1 Å². The summed E-state index contributed by atoms with van der Waals surface area (Å²) in [5, 5.41) is 5.60. The molecular weight excluding hydrogens is 793 g/mol. The average Bonchev–Trinajstić information content (AvgIpc) is 3.70. The molecule has 2 aromatic heterocycles. The number of aromatic nitrogens is 2. The summed E-state index contributed by atoms with van der Waals surface area (Å²) < 4.78 is 93.6. The van der Waals surface area contributed by atoms with Crippen LogP contribution in [0.3, 0.4) is 0 Å². The van der Waals surface area contributed by atoms with Gasteiger partial charge in [0.25, 0.3) is 5.91 Å². The SMILES string of the molecule is Cc1nc(C(=O)N2CCOC3(CCN(Cc4cccc(CCNC[C@H](OC(=O)C(F)(F)F)c5ccc(OC(=O)C(F)(F)F)c6[nH]c(=O)sc56)c4)CC3)CC2)cs1. The first-order valence-electron chi connectivity index (χ1n) is 17.6. The maximum Gasteiger partial charge on any atom is 0.491 e. The molecule has 4 heterocycles. The number of hydrogen-bond acceptors (Lipinski definition) is 12. The van der Waals surface area contributed by atoms with E-state index < -0.39 is 41.0 Å². The van der Waals surface area contributed by atoms with E-state index in [1.165, 1.54) is 11.3 Å². The number of rotatable bonds is 11. The van der Waals surface area contributed by atoms with E-state index in [1.54, 1.807) is 5.38 Å². The average molecular weight is 830 g/mol. The van der Waals surface area contributed by atoms with E-state index in [4.69, 9.17) is 9.47 Å². The number of nitrogens with zero attached hydrogens (tertiary/aromatic N) is 3. The van der Waals surface area contributed by atoms with Crippen molar-refractivity contribution in [2.24, 2.45) is 0 Å². The largest absolute Gasteiger partial charge is 0.491 e. The second-order valence-corrected chi connectivity index (χ2v) is 15.6. The monoisotopic (exact) mass is 829 g/mol. The number of fused-ring (bicyclic) bond motifs is 1. The lowest BCUT2D eigenvalue weighted by Crippen LogP contribution is -2.46. The second-order valence-electron chi connectivity index (χ2n) is 13.5. The molecule has 2 aliphatic rings. The number of H-pyrrole nitrogens is 1. The van der Waals surface area contributed by atoms with E-state index in [0.29, 0.717) is 49.7 Å². The Morgan fingerprint density at radius 2 is 1.71 bits per heavy atom. The van der Waals surface area contributed by atoms with Gasteiger partial charge in [0.05, 0.1) is 21.9 Å². The molecule has 1 atom stereocenters. The molecule has 2 N–H and O–H groups in total. The molecule has 1 spiro atoms. The zero-order chi connectivity index (χ0) is 40.3. The molecule has 2 fully saturated rings. The maximum atomic E-state index is 13.2. The van der Waals surface area contributed by atoms with Crippen LogP contribution >= 0.6 is 22.7 Å². The first-order chi connectivity index (χ1) is 26.5. The van der Waals surface area contributed by atoms with E-state index in [-0.39, 0.29) is 40.4 Å². The molecule has 56 heavy (non-hydrogen) atoms. The minimum atomic E-state index is -5.36. The third kappa shape index (κ3) is 10.1. The summed E-state index contributed by atoms with van der Waals surface area (Å²) in [6.07, 6.45) is -9.50. The number of amides is 1. The van der Waals surface area contributed by atoms with Crippen LogP contribution in [0.2, 0.25) is 0 Å². The van der Waals surface area contributed by atoms with Gasteiger partial charge in [-0.15, -0.1) is 11.3 Å². The predicted molar refractivity (Wildman–Crippen MR) is 193 cm³/mol. The molecule has 4 aromatic rings. The van der Waals surface area contributed by atoms with Crippen LogP contribution in [0.25, 0.3) is 10.2 Å². The Morgan fingerprint density at radius 1 is 1.00 bits per heavy atom. The highest BCUT2D eigenvalue weighted by molar-refractivity contribution is 7.16. The molecular formula is C36H37F6N5O7S2. The molecule has 0 saturated carbocycles. The number of carbonyl (C=O) groups is 3. The van der Waals surface area contributed by atoms with Crippen molar-refractivity contribution in [1.29, 1.82) is 0 Å². The molecule has 0 bridgehead atoms. The number of esters is 2. The Kier molecular flexibility index (Phi) is 12.5. The molecule has 2 aliphatic heterocycles. The molecule has 0 radical (unpaired) electrons. The zero-order valence-electron chi connectivity index (χ0n) is 29.9. The lowest BCUT2D eigenvalue weighted by atomic mass is 9.87. The van der Waals surface area contributed by atoms with Crippen molar-refractivity contribution in [3.05, 3.63) is 78.8 Å². The van der Waals surface area contributed by atoms with Gasteiger partial charge in [0.1, 0.15) is 17.3 Å². The number of alkyl halides is 6. The Labute approximate surface area is 323 Å². The van der Waals surface area contributed by atoms with Crippen molar-refractivity contribution in [3.8, 4) is 5.75 Å². The fourth-order valence-corrected chi connectivity index (χ4v) is 8.28. The molecule has 302 valence electrons. The molecule has 20 heteroatoms. The molecule has 2 saturated heterocycles. The van der Waals surface area contributed by atoms with Crippen molar-refractivity contribution in [2.45, 2.75) is 63.2 Å². The van der Waals surface area contributed by atoms with E-state index in [0.717, 1.165) is 60.6 Å². The highest BCUT2D eigenvalue weighted by Crippen LogP contribution is 2.36. The van der Waals surface area contributed by atoms with Crippen LogP contribution in [-0.2, 0) is 32.0 Å². The van der Waals surface area contributed by atoms with Gasteiger partial charge in [0.15, 0.2) is 5.75 Å². The van der Waals surface area contributed by atoms with Crippen molar-refractivity contribution in [3.63, 3.8) is 0 Å². The second kappa shape index (κ2) is 17.0. The molecule has 0 unspecified atom stereocenters. The lowest BCUT2D eigenvalue weighted by molar-refractivity contribution is -0.205. The number of likely N-dealkylation sites (tertiary alicyclic amines) is 1. The summed E-state index contributed by atoms with van der Waals surface area (Å²) in [5.74, 6) is -5.82. The van der Waals surface area contributed by atoms with Gasteiger partial charge in [-0.25, -0.2) is 14.6 Å². The molecule has 2 aromatic carbocycles. The summed E-state index contributed by atoms with van der Waals surface area (Å²) in [4.78, 5) is 58.4. The smallest absolute Gasteiger partial charge is 0.449 e. The minimum Gasteiger partial charge on any atom is -0.449 e. The van der Waals surface area contributed by atoms with Gasteiger partial charge >= 0.3 is 29.2 Å². The third-order valence-corrected chi connectivity index (χ3v) is 11.4. The number of ether oxygens (including phenoxy) is 3. The summed E-state index contributed by atoms with van der Waals surface area (Å²) in [7, 11) is 0.